The maximum atomic E-state index is 13.0. The van der Waals surface area contributed by atoms with E-state index >= 15 is 0 Å². The van der Waals surface area contributed by atoms with Crippen molar-refractivity contribution in [1.29, 1.82) is 0 Å². The fraction of sp³-hybridized carbons (Fsp3) is 0. The molecular formula is C34H12Cu2N4Na8O26S6. The largest absolute Gasteiger partial charge is 2.00 e. The molecule has 0 N–H and O–H groups in total. The Hall–Kier alpha value is 2.96. The first-order chi connectivity index (χ1) is 33.1. The summed E-state index contributed by atoms with van der Waals surface area (Å²) in [4.78, 5) is 20.4. The van der Waals surface area contributed by atoms with Gasteiger partial charge in [0, 0.05) is 20.1 Å². The molecule has 0 spiro atoms. The van der Waals surface area contributed by atoms with E-state index in [1.54, 1.807) is 0 Å². The van der Waals surface area contributed by atoms with E-state index in [9.17, 15) is 87.2 Å². The van der Waals surface area contributed by atoms with Crippen molar-refractivity contribution in [2.24, 2.45) is 20.5 Å². The summed E-state index contributed by atoms with van der Waals surface area (Å²) in [7, 11) is -10.4. The minimum atomic E-state index is -5.21. The first-order valence-corrected chi connectivity index (χ1v) is 22.9. The van der Waals surface area contributed by atoms with Crippen molar-refractivity contribution in [3.63, 3.8) is 0 Å². The Morgan fingerprint density at radius 1 is 0.425 bits per heavy atom. The van der Waals surface area contributed by atoms with Crippen LogP contribution in [0.1, 0.15) is 20.7 Å². The van der Waals surface area contributed by atoms with Crippen molar-refractivity contribution in [3.05, 3.63) is 83.9 Å². The van der Waals surface area contributed by atoms with E-state index in [1.165, 1.54) is 48.5 Å². The molecular weight excluding hydrogens is 1380 g/mol. The third-order valence-electron chi connectivity index (χ3n) is 8.24. The third-order valence-corrected chi connectivity index (χ3v) is 12.2. The summed E-state index contributed by atoms with van der Waals surface area (Å²) in [6, 6.07) is 12.3. The van der Waals surface area contributed by atoms with Crippen LogP contribution < -0.4 is 288 Å². The number of carbonyl (C=O) groups is 2. The number of fused-ring (bicyclic) bond motifs is 2. The first-order valence-electron chi connectivity index (χ1n) is 17.1. The van der Waals surface area contributed by atoms with E-state index in [1.807, 2.05) is 0 Å². The molecule has 0 aromatic heterocycles. The summed E-state index contributed by atoms with van der Waals surface area (Å²) in [6.45, 7) is 0. The van der Waals surface area contributed by atoms with Crippen LogP contribution >= 0.6 is 48.2 Å². The number of aromatic carboxylic acids is 2. The number of benzene rings is 6. The minimum Gasteiger partial charge on any atom is -0.871 e. The number of carboxylic acids is 2. The zero-order chi connectivity index (χ0) is 51.5. The smallest absolute Gasteiger partial charge is 0.871 e. The van der Waals surface area contributed by atoms with Crippen LogP contribution in [0.15, 0.2) is 123 Å². The molecule has 0 bridgehead atoms. The first kappa shape index (κ1) is 94.1. The molecule has 0 aliphatic carbocycles. The standard InChI is InChI=1S/2C17H12N2O13S3.2Cu.8Na/c20-15-11(17(22)23)5-9(35(26,27)28)6-12(15)18-19-14-13(34-32-30-25)4-7-3-8(33-31-29-24)1-2-10(7)16(14)21;20-15-11(17(22)23)5-9(35(26,27)28)6-12(15)18-19-14-10-2-1-8(33-31-29-24)3-7(10)4-13(16(14)21)34-32-30-25;;;;;;;;;;/h2*1-6,20-21,24-25H,(H,22,23)(H,26,27,28);;;;;;;;;;/q;;2*+2;8*+1/p-12. The normalized spacial score (nSPS) is 10.5. The summed E-state index contributed by atoms with van der Waals surface area (Å²) in [5.74, 6) is -8.53. The Labute approximate surface area is 664 Å². The van der Waals surface area contributed by atoms with Crippen molar-refractivity contribution in [2.45, 2.75) is 29.4 Å². The average molecular weight is 1400 g/mol. The van der Waals surface area contributed by atoms with Gasteiger partial charge in [-0.25, -0.2) is 16.8 Å². The summed E-state index contributed by atoms with van der Waals surface area (Å²) in [5.41, 5.74) is -5.12. The van der Waals surface area contributed by atoms with Gasteiger partial charge in [-0.3, -0.25) is 20.2 Å². The van der Waals surface area contributed by atoms with Crippen LogP contribution in [0.25, 0.3) is 21.5 Å². The fourth-order valence-corrected chi connectivity index (χ4v) is 8.18. The molecule has 0 amide bonds. The molecule has 0 unspecified atom stereocenters. The molecule has 0 saturated carbocycles. The molecule has 6 aromatic rings. The summed E-state index contributed by atoms with van der Waals surface area (Å²) in [5, 5.41) is 141. The van der Waals surface area contributed by atoms with Crippen LogP contribution in [0.3, 0.4) is 0 Å². The van der Waals surface area contributed by atoms with Gasteiger partial charge in [0.2, 0.25) is 0 Å². The molecule has 0 fully saturated rings. The van der Waals surface area contributed by atoms with Crippen LogP contribution in [-0.2, 0) is 91.9 Å². The predicted molar refractivity (Wildman–Crippen MR) is 204 cm³/mol. The number of carbonyl (C=O) groups excluding carboxylic acids is 2. The monoisotopic (exact) mass is 1390 g/mol. The zero-order valence-electron chi connectivity index (χ0n) is 41.4. The molecule has 6 rings (SSSR count). The van der Waals surface area contributed by atoms with Crippen LogP contribution in [0.5, 0.6) is 23.0 Å². The van der Waals surface area contributed by atoms with Crippen molar-refractivity contribution < 1.29 is 395 Å². The summed E-state index contributed by atoms with van der Waals surface area (Å²) >= 11 is 1.48. The molecule has 0 aliphatic heterocycles. The molecule has 46 heteroatoms. The number of hydrogen-bond acceptors (Lipinski definition) is 34. The number of nitrogens with zero attached hydrogens (tertiary/aromatic N) is 4. The SMILES string of the molecule is O=C([O-])c1cc(S(=O)(=O)[O-])cc(N=Nc2c(SOO[O-])cc3cc(SOO[O-])ccc3c2[O-])c1[O-].O=C([O-])c1cc(S(=O)(=O)[O-])cc(N=Nc2c([O-])c(SOO[O-])cc3cc(SOO[O-])ccc23)c1[O-].[Cu+2].[Cu+2].[Na+].[Na+].[Na+].[Na+].[Na+].[Na+].[Na+].[Na+]. The molecule has 0 atom stereocenters. The van der Waals surface area contributed by atoms with E-state index in [4.69, 9.17) is 0 Å². The van der Waals surface area contributed by atoms with Gasteiger partial charge in [0.1, 0.15) is 20.2 Å². The second kappa shape index (κ2) is 45.2. The molecule has 30 nitrogen and oxygen atoms in total. The van der Waals surface area contributed by atoms with Gasteiger partial charge in [0.15, 0.2) is 0 Å². The molecule has 2 radical (unpaired) electrons. The van der Waals surface area contributed by atoms with E-state index in [2.05, 4.69) is 57.9 Å². The summed E-state index contributed by atoms with van der Waals surface area (Å²) < 4.78 is 84.7. The van der Waals surface area contributed by atoms with Gasteiger partial charge in [0.05, 0.1) is 97.5 Å². The third kappa shape index (κ3) is 26.8. The van der Waals surface area contributed by atoms with Crippen LogP contribution in [-0.4, -0.2) is 37.9 Å². The van der Waals surface area contributed by atoms with Crippen molar-refractivity contribution >= 4 is 125 Å². The molecule has 0 aliphatic rings. The van der Waals surface area contributed by atoms with E-state index in [-0.39, 0.29) is 326 Å². The van der Waals surface area contributed by atoms with Crippen molar-refractivity contribution in [2.75, 3.05) is 0 Å². The van der Waals surface area contributed by atoms with Gasteiger partial charge in [-0.15, -0.1) is 5.11 Å². The Kier molecular flexibility index (Phi) is 53.2. The van der Waals surface area contributed by atoms with Gasteiger partial charge in [-0.05, 0) is 87.9 Å². The van der Waals surface area contributed by atoms with Gasteiger partial charge < -0.3 is 70.4 Å². The Morgan fingerprint density at radius 2 is 0.775 bits per heavy atom. The van der Waals surface area contributed by atoms with Gasteiger partial charge in [-0.1, -0.05) is 35.1 Å². The van der Waals surface area contributed by atoms with Gasteiger partial charge in [0.25, 0.3) is 0 Å². The Bertz CT molecular complexity index is 3300. The predicted octanol–water partition coefficient (Wildman–Crippen LogP) is -25.7. The number of rotatable bonds is 20. The van der Waals surface area contributed by atoms with Gasteiger partial charge >= 0.3 is 271 Å². The van der Waals surface area contributed by atoms with Crippen LogP contribution in [0.2, 0.25) is 0 Å². The average Bonchev–Trinajstić information content (AvgIpc) is 3.30. The quantitative estimate of drug-likeness (QED) is 0.0171. The number of azo groups is 2. The second-order valence-electron chi connectivity index (χ2n) is 12.3. The molecule has 0 heterocycles. The van der Waals surface area contributed by atoms with Gasteiger partial charge in [-0.2, -0.15) is 32.7 Å². The van der Waals surface area contributed by atoms with Crippen molar-refractivity contribution in [3.8, 4) is 23.0 Å². The topological polar surface area (TPSA) is 502 Å². The zero-order valence-corrected chi connectivity index (χ0v) is 64.2. The van der Waals surface area contributed by atoms with E-state index in [0.29, 0.717) is 58.1 Å². The van der Waals surface area contributed by atoms with Crippen LogP contribution in [0.4, 0.5) is 22.7 Å². The summed E-state index contributed by atoms with van der Waals surface area (Å²) in [6.07, 6.45) is 0. The molecule has 0 saturated heterocycles. The second-order valence-corrected chi connectivity index (χ2v) is 18.1. The molecule has 80 heavy (non-hydrogen) atoms. The fourth-order valence-electron chi connectivity index (χ4n) is 5.39. The Balaban J connectivity index is -0.000000304. The number of carboxylic acid groups (broad SMARTS) is 2. The van der Waals surface area contributed by atoms with Crippen LogP contribution in [0, 0.1) is 0 Å². The van der Waals surface area contributed by atoms with E-state index < -0.39 is 98.8 Å². The maximum absolute atomic E-state index is 13.0. The van der Waals surface area contributed by atoms with E-state index in [0.717, 1.165) is 0 Å². The number of hydrogen-bond donors (Lipinski definition) is 0. The molecule has 6 aromatic carbocycles. The maximum Gasteiger partial charge on any atom is 2.00 e. The van der Waals surface area contributed by atoms with Crippen molar-refractivity contribution in [1.82, 2.24) is 0 Å². The molecule has 390 valence electrons. The Morgan fingerprint density at radius 3 is 1.16 bits per heavy atom. The minimum absolute atomic E-state index is 0.